The molecule has 1 aromatic heterocycles. The zero-order valence-corrected chi connectivity index (χ0v) is 15.4. The molecule has 2 aromatic carbocycles. The van der Waals surface area contributed by atoms with Gasteiger partial charge < -0.3 is 14.3 Å². The lowest BCUT2D eigenvalue weighted by Gasteiger charge is -2.36. The van der Waals surface area contributed by atoms with E-state index in [1.807, 2.05) is 36.4 Å². The van der Waals surface area contributed by atoms with Gasteiger partial charge >= 0.3 is 5.97 Å². The largest absolute Gasteiger partial charge is 0.502 e. The number of fused-ring (bicyclic) bond motifs is 1. The van der Waals surface area contributed by atoms with Crippen molar-refractivity contribution in [2.24, 2.45) is 0 Å². The van der Waals surface area contributed by atoms with Gasteiger partial charge in [0.25, 0.3) is 5.88 Å². The highest BCUT2D eigenvalue weighted by atomic mass is 32.3. The summed E-state index contributed by atoms with van der Waals surface area (Å²) in [4.78, 5) is 11.5. The molecule has 3 aromatic rings. The van der Waals surface area contributed by atoms with Crippen molar-refractivity contribution in [1.82, 2.24) is 0 Å². The number of carbonyl (C=O) groups is 1. The molecule has 0 spiro atoms. The maximum absolute atomic E-state index is 11.5. The van der Waals surface area contributed by atoms with Crippen LogP contribution in [0.3, 0.4) is 0 Å². The first-order valence-corrected chi connectivity index (χ1v) is 10.1. The van der Waals surface area contributed by atoms with E-state index >= 15 is 0 Å². The van der Waals surface area contributed by atoms with Crippen molar-refractivity contribution in [3.05, 3.63) is 42.5 Å². The van der Waals surface area contributed by atoms with Crippen LogP contribution < -0.4 is 9.04 Å². The predicted octanol–water partition coefficient (Wildman–Crippen LogP) is 4.61. The van der Waals surface area contributed by atoms with Crippen LogP contribution >= 0.6 is 10.8 Å². The lowest BCUT2D eigenvalue weighted by molar-refractivity contribution is -0.132. The number of aromatic hydroxyl groups is 1. The molecule has 0 saturated carbocycles. The molecule has 1 aliphatic rings. The van der Waals surface area contributed by atoms with E-state index in [2.05, 4.69) is 0 Å². The number of ether oxygens (including phenoxy) is 1. The number of esters is 1. The monoisotopic (exact) mass is 389 g/mol. The van der Waals surface area contributed by atoms with Gasteiger partial charge in [-0.15, -0.1) is 10.8 Å². The molecule has 3 N–H and O–H groups in total. The average Bonchev–Trinajstić information content (AvgIpc) is 3.13. The first kappa shape index (κ1) is 17.7. The van der Waals surface area contributed by atoms with Crippen molar-refractivity contribution >= 4 is 33.4 Å². The topological polar surface area (TPSA) is 103 Å². The van der Waals surface area contributed by atoms with Crippen molar-refractivity contribution in [3.63, 3.8) is 0 Å². The summed E-state index contributed by atoms with van der Waals surface area (Å²) >= 11 is 0. The lowest BCUT2D eigenvalue weighted by atomic mass is 10.0. The highest BCUT2D eigenvalue weighted by Gasteiger charge is 2.37. The van der Waals surface area contributed by atoms with Crippen molar-refractivity contribution in [2.45, 2.75) is 13.3 Å². The summed E-state index contributed by atoms with van der Waals surface area (Å²) in [6, 6.07) is 13.1. The van der Waals surface area contributed by atoms with Gasteiger partial charge in [0.05, 0.1) is 5.75 Å². The Bertz CT molecular complexity index is 1020. The lowest BCUT2D eigenvalue weighted by Crippen LogP contribution is -2.22. The highest BCUT2D eigenvalue weighted by Crippen LogP contribution is 2.58. The fourth-order valence-electron chi connectivity index (χ4n) is 3.29. The van der Waals surface area contributed by atoms with Crippen molar-refractivity contribution in [1.29, 1.82) is 0 Å². The standard InChI is InChI=1S/C19H19NO6S/c1-12(21)25-18-16(22)17(26-19(18)20-10-5-11-27(20,23)24)15-9-4-7-13-6-2-3-8-14(13)15/h2-4,6-9,22-24H,5,10-11H2,1H3. The van der Waals surface area contributed by atoms with Gasteiger partial charge in [-0.3, -0.25) is 13.9 Å². The van der Waals surface area contributed by atoms with E-state index in [1.165, 1.54) is 11.2 Å². The number of hydrogen-bond acceptors (Lipinski definition) is 7. The van der Waals surface area contributed by atoms with E-state index in [0.717, 1.165) is 10.8 Å². The number of hydrogen-bond donors (Lipinski definition) is 3. The second kappa shape index (κ2) is 6.49. The first-order valence-electron chi connectivity index (χ1n) is 8.44. The van der Waals surface area contributed by atoms with Gasteiger partial charge in [0.2, 0.25) is 11.5 Å². The normalized spacial score (nSPS) is 17.2. The zero-order chi connectivity index (χ0) is 19.2. The second-order valence-corrected chi connectivity index (χ2v) is 8.44. The molecule has 1 aliphatic heterocycles. The maximum Gasteiger partial charge on any atom is 0.308 e. The summed E-state index contributed by atoms with van der Waals surface area (Å²) < 4.78 is 32.9. The van der Waals surface area contributed by atoms with Crippen LogP contribution in [0.25, 0.3) is 22.1 Å². The molecule has 27 heavy (non-hydrogen) atoms. The summed E-state index contributed by atoms with van der Waals surface area (Å²) in [5.74, 6) is -0.945. The number of benzene rings is 2. The van der Waals surface area contributed by atoms with Crippen LogP contribution in [-0.4, -0.2) is 32.5 Å². The van der Waals surface area contributed by atoms with E-state index in [9.17, 15) is 19.0 Å². The Morgan fingerprint density at radius 1 is 1.19 bits per heavy atom. The van der Waals surface area contributed by atoms with Crippen LogP contribution in [0, 0.1) is 0 Å². The number of rotatable bonds is 3. The SMILES string of the molecule is CC(=O)Oc1c(N2CCCS2(O)O)oc(-c2cccc3ccccc23)c1O. The van der Waals surface area contributed by atoms with E-state index in [0.29, 0.717) is 18.5 Å². The van der Waals surface area contributed by atoms with Crippen LogP contribution in [0.2, 0.25) is 0 Å². The molecule has 0 atom stereocenters. The summed E-state index contributed by atoms with van der Waals surface area (Å²) in [6.45, 7) is 1.52. The smallest absolute Gasteiger partial charge is 0.308 e. The fraction of sp³-hybridized carbons (Fsp3) is 0.211. The third kappa shape index (κ3) is 3.01. The Labute approximate surface area is 157 Å². The molecule has 142 valence electrons. The van der Waals surface area contributed by atoms with Crippen molar-refractivity contribution in [2.75, 3.05) is 16.6 Å². The highest BCUT2D eigenvalue weighted by molar-refractivity contribution is 8.25. The minimum Gasteiger partial charge on any atom is -0.502 e. The van der Waals surface area contributed by atoms with Crippen LogP contribution in [0.5, 0.6) is 11.5 Å². The van der Waals surface area contributed by atoms with Crippen molar-refractivity contribution in [3.8, 4) is 22.8 Å². The molecule has 8 heteroatoms. The molecule has 0 unspecified atom stereocenters. The third-order valence-corrected chi connectivity index (χ3v) is 6.35. The minimum absolute atomic E-state index is 0.0527. The van der Waals surface area contributed by atoms with Gasteiger partial charge in [-0.25, -0.2) is 4.31 Å². The molecule has 0 aliphatic carbocycles. The molecule has 2 heterocycles. The van der Waals surface area contributed by atoms with Gasteiger partial charge in [-0.05, 0) is 17.2 Å². The van der Waals surface area contributed by atoms with Gasteiger partial charge in [-0.1, -0.05) is 42.5 Å². The van der Waals surface area contributed by atoms with Crippen LogP contribution in [0.15, 0.2) is 46.9 Å². The Kier molecular flexibility index (Phi) is 4.26. The molecule has 1 saturated heterocycles. The van der Waals surface area contributed by atoms with Crippen LogP contribution in [0.4, 0.5) is 5.88 Å². The average molecular weight is 389 g/mol. The van der Waals surface area contributed by atoms with Gasteiger partial charge in [0, 0.05) is 19.0 Å². The maximum atomic E-state index is 11.5. The molecule has 0 bridgehead atoms. The van der Waals surface area contributed by atoms with E-state index in [1.54, 1.807) is 6.07 Å². The molecular weight excluding hydrogens is 370 g/mol. The van der Waals surface area contributed by atoms with Crippen molar-refractivity contribution < 1.29 is 28.2 Å². The number of nitrogens with zero attached hydrogens (tertiary/aromatic N) is 1. The molecule has 0 amide bonds. The second-order valence-electron chi connectivity index (χ2n) is 6.33. The molecule has 4 rings (SSSR count). The third-order valence-electron chi connectivity index (χ3n) is 4.46. The molecule has 0 radical (unpaired) electrons. The quantitative estimate of drug-likeness (QED) is 0.562. The number of furan rings is 1. The summed E-state index contributed by atoms with van der Waals surface area (Å²) in [5, 5.41) is 12.5. The summed E-state index contributed by atoms with van der Waals surface area (Å²) in [6.07, 6.45) is 0.549. The van der Waals surface area contributed by atoms with E-state index < -0.39 is 16.7 Å². The van der Waals surface area contributed by atoms with Gasteiger partial charge in [-0.2, -0.15) is 0 Å². The molecule has 1 fully saturated rings. The summed E-state index contributed by atoms with van der Waals surface area (Å²) in [7, 11) is -3.09. The number of carbonyl (C=O) groups excluding carboxylic acids is 1. The van der Waals surface area contributed by atoms with E-state index in [4.69, 9.17) is 9.15 Å². The molecule has 7 nitrogen and oxygen atoms in total. The number of anilines is 1. The van der Waals surface area contributed by atoms with Gasteiger partial charge in [0.15, 0.2) is 5.76 Å². The van der Waals surface area contributed by atoms with Crippen LogP contribution in [-0.2, 0) is 4.79 Å². The van der Waals surface area contributed by atoms with Crippen LogP contribution in [0.1, 0.15) is 13.3 Å². The Morgan fingerprint density at radius 2 is 1.93 bits per heavy atom. The summed E-state index contributed by atoms with van der Waals surface area (Å²) in [5.41, 5.74) is 0.612. The molecular formula is C19H19NO6S. The Balaban J connectivity index is 1.93. The minimum atomic E-state index is -3.09. The fourth-order valence-corrected chi connectivity index (χ4v) is 4.84. The first-order chi connectivity index (χ1) is 12.9. The Hall–Kier alpha value is -2.68. The predicted molar refractivity (Wildman–Crippen MR) is 104 cm³/mol. The zero-order valence-electron chi connectivity index (χ0n) is 14.6. The van der Waals surface area contributed by atoms with Gasteiger partial charge in [0.1, 0.15) is 0 Å². The van der Waals surface area contributed by atoms with E-state index in [-0.39, 0.29) is 28.9 Å². The Morgan fingerprint density at radius 3 is 2.63 bits per heavy atom.